The molecule has 0 unspecified atom stereocenters. The minimum absolute atomic E-state index is 0.0379. The van der Waals surface area contributed by atoms with Gasteiger partial charge in [-0.3, -0.25) is 9.52 Å². The third kappa shape index (κ3) is 6.01. The number of anilines is 1. The lowest BCUT2D eigenvalue weighted by molar-refractivity contribution is 0.0951. The number of benzene rings is 2. The summed E-state index contributed by atoms with van der Waals surface area (Å²) in [5.74, 6) is 1.33. The van der Waals surface area contributed by atoms with E-state index in [2.05, 4.69) is 15.0 Å². The molecule has 9 heteroatoms. The fourth-order valence-corrected chi connectivity index (χ4v) is 4.16. The zero-order valence-corrected chi connectivity index (χ0v) is 19.0. The van der Waals surface area contributed by atoms with Crippen molar-refractivity contribution in [2.24, 2.45) is 5.92 Å². The highest BCUT2D eigenvalue weighted by molar-refractivity contribution is 7.92. The molecule has 1 aliphatic rings. The van der Waals surface area contributed by atoms with Gasteiger partial charge in [0.15, 0.2) is 0 Å². The molecule has 0 atom stereocenters. The molecule has 0 bridgehead atoms. The number of para-hydroxylation sites is 2. The molecule has 1 aliphatic carbocycles. The van der Waals surface area contributed by atoms with E-state index in [1.807, 2.05) is 6.07 Å². The van der Waals surface area contributed by atoms with Crippen molar-refractivity contribution in [3.63, 3.8) is 0 Å². The SMILES string of the molecule is COc1ccccc1NS(=O)(=O)c1ccc(C(=O)NCc2ccc(OCC3CC3)nc2)cc1. The first-order valence-corrected chi connectivity index (χ1v) is 12.0. The molecule has 1 fully saturated rings. The van der Waals surface area contributed by atoms with E-state index in [9.17, 15) is 13.2 Å². The number of ether oxygens (including phenoxy) is 2. The fraction of sp³-hybridized carbons (Fsp3) is 0.250. The first-order chi connectivity index (χ1) is 15.9. The molecule has 0 radical (unpaired) electrons. The number of rotatable bonds is 10. The number of aromatic nitrogens is 1. The quantitative estimate of drug-likeness (QED) is 0.472. The van der Waals surface area contributed by atoms with Gasteiger partial charge in [-0.1, -0.05) is 18.2 Å². The van der Waals surface area contributed by atoms with E-state index in [4.69, 9.17) is 9.47 Å². The van der Waals surface area contributed by atoms with Crippen molar-refractivity contribution < 1.29 is 22.7 Å². The third-order valence-corrected chi connectivity index (χ3v) is 6.57. The van der Waals surface area contributed by atoms with Crippen molar-refractivity contribution in [1.82, 2.24) is 10.3 Å². The maximum absolute atomic E-state index is 12.7. The predicted molar refractivity (Wildman–Crippen MR) is 124 cm³/mol. The second kappa shape index (κ2) is 9.91. The molecule has 1 heterocycles. The summed E-state index contributed by atoms with van der Waals surface area (Å²) in [4.78, 5) is 16.8. The molecule has 0 spiro atoms. The maximum Gasteiger partial charge on any atom is 0.262 e. The Kier molecular flexibility index (Phi) is 6.79. The summed E-state index contributed by atoms with van der Waals surface area (Å²) in [5, 5.41) is 2.81. The highest BCUT2D eigenvalue weighted by Crippen LogP contribution is 2.29. The Morgan fingerprint density at radius 3 is 2.48 bits per heavy atom. The number of hydrogen-bond donors (Lipinski definition) is 2. The monoisotopic (exact) mass is 467 g/mol. The largest absolute Gasteiger partial charge is 0.495 e. The lowest BCUT2D eigenvalue weighted by atomic mass is 10.2. The van der Waals surface area contributed by atoms with Crippen LogP contribution in [0.1, 0.15) is 28.8 Å². The highest BCUT2D eigenvalue weighted by atomic mass is 32.2. The van der Waals surface area contributed by atoms with E-state index in [-0.39, 0.29) is 10.8 Å². The van der Waals surface area contributed by atoms with Crippen LogP contribution in [0.25, 0.3) is 0 Å². The number of carbonyl (C=O) groups excluding carboxylic acids is 1. The summed E-state index contributed by atoms with van der Waals surface area (Å²) in [5.41, 5.74) is 1.52. The molecule has 1 saturated carbocycles. The number of methoxy groups -OCH3 is 1. The van der Waals surface area contributed by atoms with Gasteiger partial charge in [0.2, 0.25) is 5.88 Å². The first-order valence-electron chi connectivity index (χ1n) is 10.6. The van der Waals surface area contributed by atoms with E-state index in [0.29, 0.717) is 41.9 Å². The van der Waals surface area contributed by atoms with Crippen molar-refractivity contribution >= 4 is 21.6 Å². The van der Waals surface area contributed by atoms with E-state index in [1.165, 1.54) is 44.2 Å². The van der Waals surface area contributed by atoms with Crippen LogP contribution in [0.5, 0.6) is 11.6 Å². The number of nitrogens with one attached hydrogen (secondary N) is 2. The molecule has 1 amide bonds. The molecular weight excluding hydrogens is 442 g/mol. The molecule has 3 aromatic rings. The number of amides is 1. The summed E-state index contributed by atoms with van der Waals surface area (Å²) in [6.45, 7) is 0.993. The number of pyridine rings is 1. The van der Waals surface area contributed by atoms with E-state index < -0.39 is 10.0 Å². The second-order valence-corrected chi connectivity index (χ2v) is 9.45. The molecule has 2 N–H and O–H groups in total. The fourth-order valence-electron chi connectivity index (χ4n) is 3.09. The van der Waals surface area contributed by atoms with Crippen LogP contribution in [0, 0.1) is 5.92 Å². The second-order valence-electron chi connectivity index (χ2n) is 7.77. The Balaban J connectivity index is 1.33. The van der Waals surface area contributed by atoms with Crippen molar-refractivity contribution in [3.8, 4) is 11.6 Å². The molecule has 172 valence electrons. The van der Waals surface area contributed by atoms with Gasteiger partial charge in [0.05, 0.1) is 24.3 Å². The molecular formula is C24H25N3O5S. The van der Waals surface area contributed by atoms with Gasteiger partial charge in [-0.25, -0.2) is 13.4 Å². The average molecular weight is 468 g/mol. The van der Waals surface area contributed by atoms with E-state index in [0.717, 1.165) is 5.56 Å². The molecule has 1 aromatic heterocycles. The van der Waals surface area contributed by atoms with Gasteiger partial charge in [0, 0.05) is 24.4 Å². The predicted octanol–water partition coefficient (Wildman–Crippen LogP) is 3.61. The van der Waals surface area contributed by atoms with E-state index in [1.54, 1.807) is 36.5 Å². The van der Waals surface area contributed by atoms with Gasteiger partial charge in [-0.05, 0) is 60.7 Å². The van der Waals surface area contributed by atoms with Gasteiger partial charge in [0.1, 0.15) is 5.75 Å². The van der Waals surface area contributed by atoms with Gasteiger partial charge >= 0.3 is 0 Å². The summed E-state index contributed by atoms with van der Waals surface area (Å²) in [6, 6.07) is 16.1. The number of carbonyl (C=O) groups is 1. The summed E-state index contributed by atoms with van der Waals surface area (Å²) in [7, 11) is -2.37. The highest BCUT2D eigenvalue weighted by Gasteiger charge is 2.22. The van der Waals surface area contributed by atoms with Crippen molar-refractivity contribution in [2.45, 2.75) is 24.3 Å². The summed E-state index contributed by atoms with van der Waals surface area (Å²) in [6.07, 6.45) is 4.10. The minimum Gasteiger partial charge on any atom is -0.495 e. The van der Waals surface area contributed by atoms with Crippen LogP contribution in [0.3, 0.4) is 0 Å². The third-order valence-electron chi connectivity index (χ3n) is 5.19. The molecule has 0 aliphatic heterocycles. The molecule has 0 saturated heterocycles. The smallest absolute Gasteiger partial charge is 0.262 e. The number of hydrogen-bond acceptors (Lipinski definition) is 6. The van der Waals surface area contributed by atoms with Gasteiger partial charge in [0.25, 0.3) is 15.9 Å². The standard InChI is InChI=1S/C24H25N3O5S/c1-31-22-5-3-2-4-21(22)27-33(29,30)20-11-9-19(10-12-20)24(28)26-15-18-8-13-23(25-14-18)32-16-17-6-7-17/h2-5,8-14,17,27H,6-7,15-16H2,1H3,(H,26,28). The van der Waals surface area contributed by atoms with Crippen LogP contribution in [0.15, 0.2) is 71.8 Å². The number of sulfonamides is 1. The molecule has 8 nitrogen and oxygen atoms in total. The Hall–Kier alpha value is -3.59. The average Bonchev–Trinajstić information content (AvgIpc) is 3.67. The van der Waals surface area contributed by atoms with Gasteiger partial charge < -0.3 is 14.8 Å². The zero-order valence-electron chi connectivity index (χ0n) is 18.2. The minimum atomic E-state index is -3.84. The van der Waals surface area contributed by atoms with E-state index >= 15 is 0 Å². The van der Waals surface area contributed by atoms with Crippen LogP contribution >= 0.6 is 0 Å². The van der Waals surface area contributed by atoms with Crippen LogP contribution in [-0.4, -0.2) is 33.0 Å². The molecule has 2 aromatic carbocycles. The van der Waals surface area contributed by atoms with Crippen LogP contribution in [-0.2, 0) is 16.6 Å². The Bertz CT molecular complexity index is 1210. The normalized spacial score (nSPS) is 13.2. The maximum atomic E-state index is 12.7. The summed E-state index contributed by atoms with van der Waals surface area (Å²) >= 11 is 0. The van der Waals surface area contributed by atoms with Crippen molar-refractivity contribution in [3.05, 3.63) is 78.0 Å². The van der Waals surface area contributed by atoms with Crippen molar-refractivity contribution in [2.75, 3.05) is 18.4 Å². The summed E-state index contributed by atoms with van der Waals surface area (Å²) < 4.78 is 38.7. The Morgan fingerprint density at radius 1 is 1.06 bits per heavy atom. The lowest BCUT2D eigenvalue weighted by Gasteiger charge is -2.12. The van der Waals surface area contributed by atoms with Gasteiger partial charge in [-0.2, -0.15) is 0 Å². The lowest BCUT2D eigenvalue weighted by Crippen LogP contribution is -2.23. The van der Waals surface area contributed by atoms with Crippen LogP contribution in [0.4, 0.5) is 5.69 Å². The Labute approximate surface area is 193 Å². The van der Waals surface area contributed by atoms with Crippen molar-refractivity contribution in [1.29, 1.82) is 0 Å². The number of nitrogens with zero attached hydrogens (tertiary/aromatic N) is 1. The van der Waals surface area contributed by atoms with Crippen LogP contribution < -0.4 is 19.5 Å². The van der Waals surface area contributed by atoms with Gasteiger partial charge in [-0.15, -0.1) is 0 Å². The first kappa shape index (κ1) is 22.6. The Morgan fingerprint density at radius 2 is 1.82 bits per heavy atom. The topological polar surface area (TPSA) is 107 Å². The molecule has 4 rings (SSSR count). The molecule has 33 heavy (non-hydrogen) atoms. The van der Waals surface area contributed by atoms with Crippen LogP contribution in [0.2, 0.25) is 0 Å². The zero-order chi connectivity index (χ0) is 23.3.